The van der Waals surface area contributed by atoms with Gasteiger partial charge in [-0.3, -0.25) is 5.10 Å². The zero-order chi connectivity index (χ0) is 12.3. The van der Waals surface area contributed by atoms with E-state index in [0.717, 1.165) is 17.1 Å². The summed E-state index contributed by atoms with van der Waals surface area (Å²) in [5.74, 6) is 0.718. The molecule has 0 atom stereocenters. The molecular weight excluding hydrogens is 258 g/mol. The van der Waals surface area contributed by atoms with Crippen LogP contribution in [0.2, 0.25) is 5.15 Å². The van der Waals surface area contributed by atoms with Crippen molar-refractivity contribution < 1.29 is 0 Å². The summed E-state index contributed by atoms with van der Waals surface area (Å²) in [5, 5.41) is 11.1. The van der Waals surface area contributed by atoms with E-state index in [-0.39, 0.29) is 0 Å². The summed E-state index contributed by atoms with van der Waals surface area (Å²) >= 11 is 7.36. The highest BCUT2D eigenvalue weighted by atomic mass is 35.5. The van der Waals surface area contributed by atoms with Crippen LogP contribution < -0.4 is 5.32 Å². The number of hydrogen-bond donors (Lipinski definition) is 2. The van der Waals surface area contributed by atoms with Gasteiger partial charge in [0.05, 0.1) is 6.20 Å². The smallest absolute Gasteiger partial charge is 0.190 e. The Bertz CT molecular complexity index is 513. The zero-order valence-electron chi connectivity index (χ0n) is 9.49. The van der Waals surface area contributed by atoms with Crippen molar-refractivity contribution in [3.63, 3.8) is 0 Å². The first-order valence-electron chi connectivity index (χ1n) is 5.00. The Morgan fingerprint density at radius 1 is 1.47 bits per heavy atom. The molecule has 2 N–H and O–H groups in total. The zero-order valence-corrected chi connectivity index (χ0v) is 11.1. The first-order valence-corrected chi connectivity index (χ1v) is 6.60. The average Bonchev–Trinajstić information content (AvgIpc) is 2.71. The van der Waals surface area contributed by atoms with Crippen molar-refractivity contribution in [1.82, 2.24) is 20.2 Å². The molecule has 0 aromatic carbocycles. The van der Waals surface area contributed by atoms with E-state index in [0.29, 0.717) is 16.9 Å². The monoisotopic (exact) mass is 269 g/mol. The molecule has 2 rings (SSSR count). The number of rotatable bonds is 4. The van der Waals surface area contributed by atoms with Gasteiger partial charge in [-0.05, 0) is 13.2 Å². The molecule has 0 aliphatic heterocycles. The normalized spacial score (nSPS) is 10.5. The molecule has 0 saturated heterocycles. The molecule has 7 heteroatoms. The van der Waals surface area contributed by atoms with Gasteiger partial charge >= 0.3 is 0 Å². The Morgan fingerprint density at radius 3 is 2.94 bits per heavy atom. The van der Waals surface area contributed by atoms with Crippen LogP contribution in [-0.4, -0.2) is 26.4 Å². The molecule has 2 aromatic heterocycles. The molecule has 0 unspecified atom stereocenters. The summed E-state index contributed by atoms with van der Waals surface area (Å²) in [4.78, 5) is 8.38. The van der Waals surface area contributed by atoms with Crippen LogP contribution in [0.1, 0.15) is 11.3 Å². The molecule has 90 valence electrons. The highest BCUT2D eigenvalue weighted by molar-refractivity contribution is 7.98. The molecule has 17 heavy (non-hydrogen) atoms. The quantitative estimate of drug-likeness (QED) is 0.507. The van der Waals surface area contributed by atoms with Crippen LogP contribution in [0.5, 0.6) is 0 Å². The number of H-pyrrole nitrogens is 1. The number of anilines is 1. The fourth-order valence-electron chi connectivity index (χ4n) is 1.32. The summed E-state index contributed by atoms with van der Waals surface area (Å²) in [7, 11) is 0. The molecule has 0 amide bonds. The summed E-state index contributed by atoms with van der Waals surface area (Å²) in [5.41, 5.74) is 2.15. The molecule has 0 fully saturated rings. The van der Waals surface area contributed by atoms with E-state index < -0.39 is 0 Å². The highest BCUT2D eigenvalue weighted by Crippen LogP contribution is 2.17. The lowest BCUT2D eigenvalue weighted by Gasteiger charge is -2.06. The number of aromatic amines is 1. The number of nitrogens with one attached hydrogen (secondary N) is 2. The maximum absolute atomic E-state index is 5.90. The Hall–Kier alpha value is -1.27. The molecule has 0 radical (unpaired) electrons. The van der Waals surface area contributed by atoms with Gasteiger partial charge in [-0.2, -0.15) is 5.10 Å². The maximum Gasteiger partial charge on any atom is 0.190 e. The third-order valence-electron chi connectivity index (χ3n) is 2.25. The Morgan fingerprint density at radius 2 is 2.29 bits per heavy atom. The van der Waals surface area contributed by atoms with Gasteiger partial charge in [0.25, 0.3) is 0 Å². The van der Waals surface area contributed by atoms with Gasteiger partial charge in [-0.1, -0.05) is 23.4 Å². The standard InChI is InChI=1S/C10H12ClN5S/c1-6-7(5-13-16-6)4-12-9-3-8(11)14-10(15-9)17-2/h3,5H,4H2,1-2H3,(H,13,16)(H,12,14,15). The van der Waals surface area contributed by atoms with Crippen LogP contribution in [-0.2, 0) is 6.54 Å². The predicted octanol–water partition coefficient (Wildman–Crippen LogP) is 2.50. The van der Waals surface area contributed by atoms with Gasteiger partial charge in [0.2, 0.25) is 0 Å². The highest BCUT2D eigenvalue weighted by Gasteiger charge is 2.04. The number of halogens is 1. The van der Waals surface area contributed by atoms with Crippen LogP contribution in [0.25, 0.3) is 0 Å². The van der Waals surface area contributed by atoms with Crippen LogP contribution in [0.15, 0.2) is 17.4 Å². The lowest BCUT2D eigenvalue weighted by atomic mass is 10.2. The molecule has 0 aliphatic carbocycles. The van der Waals surface area contributed by atoms with E-state index in [2.05, 4.69) is 25.5 Å². The number of thioether (sulfide) groups is 1. The van der Waals surface area contributed by atoms with Gasteiger partial charge in [-0.15, -0.1) is 0 Å². The van der Waals surface area contributed by atoms with Crippen molar-refractivity contribution in [1.29, 1.82) is 0 Å². The lowest BCUT2D eigenvalue weighted by molar-refractivity contribution is 0.954. The molecular formula is C10H12ClN5S. The number of aryl methyl sites for hydroxylation is 1. The molecule has 2 aromatic rings. The average molecular weight is 270 g/mol. The topological polar surface area (TPSA) is 66.5 Å². The van der Waals surface area contributed by atoms with Crippen molar-refractivity contribution in [3.8, 4) is 0 Å². The van der Waals surface area contributed by atoms with Crippen LogP contribution >= 0.6 is 23.4 Å². The molecule has 0 spiro atoms. The molecule has 5 nitrogen and oxygen atoms in total. The van der Waals surface area contributed by atoms with Gasteiger partial charge in [0.1, 0.15) is 11.0 Å². The van der Waals surface area contributed by atoms with E-state index in [4.69, 9.17) is 11.6 Å². The van der Waals surface area contributed by atoms with Crippen molar-refractivity contribution >= 4 is 29.2 Å². The maximum atomic E-state index is 5.90. The summed E-state index contributed by atoms with van der Waals surface area (Å²) in [6.45, 7) is 2.63. The Kier molecular flexibility index (Phi) is 3.86. The largest absolute Gasteiger partial charge is 0.366 e. The van der Waals surface area contributed by atoms with Gasteiger partial charge in [0, 0.05) is 23.9 Å². The Labute approximate surface area is 108 Å². The minimum Gasteiger partial charge on any atom is -0.366 e. The van der Waals surface area contributed by atoms with Crippen molar-refractivity contribution in [2.75, 3.05) is 11.6 Å². The van der Waals surface area contributed by atoms with Gasteiger partial charge < -0.3 is 5.32 Å². The minimum absolute atomic E-state index is 0.441. The van der Waals surface area contributed by atoms with Crippen molar-refractivity contribution in [2.24, 2.45) is 0 Å². The molecule has 0 bridgehead atoms. The first kappa shape index (κ1) is 12.2. The van der Waals surface area contributed by atoms with Crippen LogP contribution in [0.3, 0.4) is 0 Å². The second kappa shape index (κ2) is 5.37. The number of nitrogens with zero attached hydrogens (tertiary/aromatic N) is 3. The molecule has 0 saturated carbocycles. The molecule has 0 aliphatic rings. The summed E-state index contributed by atoms with van der Waals surface area (Å²) in [6, 6.07) is 1.71. The Balaban J connectivity index is 2.09. The second-order valence-electron chi connectivity index (χ2n) is 3.44. The number of aromatic nitrogens is 4. The predicted molar refractivity (Wildman–Crippen MR) is 69.5 cm³/mol. The van der Waals surface area contributed by atoms with E-state index in [1.54, 1.807) is 12.3 Å². The van der Waals surface area contributed by atoms with Crippen molar-refractivity contribution in [3.05, 3.63) is 28.7 Å². The van der Waals surface area contributed by atoms with E-state index in [1.807, 2.05) is 13.2 Å². The number of hydrogen-bond acceptors (Lipinski definition) is 5. The van der Waals surface area contributed by atoms with E-state index in [1.165, 1.54) is 11.8 Å². The van der Waals surface area contributed by atoms with Crippen molar-refractivity contribution in [2.45, 2.75) is 18.6 Å². The van der Waals surface area contributed by atoms with Crippen LogP contribution in [0.4, 0.5) is 5.82 Å². The molecule has 2 heterocycles. The second-order valence-corrected chi connectivity index (χ2v) is 4.60. The lowest BCUT2D eigenvalue weighted by Crippen LogP contribution is -2.03. The fraction of sp³-hybridized carbons (Fsp3) is 0.300. The van der Waals surface area contributed by atoms with Gasteiger partial charge in [0.15, 0.2) is 5.16 Å². The minimum atomic E-state index is 0.441. The van der Waals surface area contributed by atoms with Gasteiger partial charge in [-0.25, -0.2) is 9.97 Å². The third kappa shape index (κ3) is 3.10. The summed E-state index contributed by atoms with van der Waals surface area (Å²) in [6.07, 6.45) is 3.70. The summed E-state index contributed by atoms with van der Waals surface area (Å²) < 4.78 is 0. The SMILES string of the molecule is CSc1nc(Cl)cc(NCc2cn[nH]c2C)n1. The third-order valence-corrected chi connectivity index (χ3v) is 2.99. The fourth-order valence-corrected chi connectivity index (χ4v) is 1.93. The first-order chi connectivity index (χ1) is 8.19. The van der Waals surface area contributed by atoms with Crippen LogP contribution in [0, 0.1) is 6.92 Å². The van der Waals surface area contributed by atoms with E-state index >= 15 is 0 Å². The van der Waals surface area contributed by atoms with E-state index in [9.17, 15) is 0 Å².